The van der Waals surface area contributed by atoms with Crippen molar-refractivity contribution >= 4 is 17.5 Å². The summed E-state index contributed by atoms with van der Waals surface area (Å²) in [7, 11) is 0. The first-order valence-electron chi connectivity index (χ1n) is 6.16. The van der Waals surface area contributed by atoms with Gasteiger partial charge in [-0.3, -0.25) is 4.79 Å². The van der Waals surface area contributed by atoms with Crippen LogP contribution < -0.4 is 11.1 Å². The highest BCUT2D eigenvalue weighted by molar-refractivity contribution is 6.30. The van der Waals surface area contributed by atoms with Crippen LogP contribution in [-0.4, -0.2) is 23.1 Å². The van der Waals surface area contributed by atoms with Crippen molar-refractivity contribution in [1.29, 1.82) is 0 Å². The van der Waals surface area contributed by atoms with E-state index in [1.54, 1.807) is 30.3 Å². The third kappa shape index (κ3) is 3.37. The summed E-state index contributed by atoms with van der Waals surface area (Å²) in [6.45, 7) is 4.01. The zero-order valence-electron chi connectivity index (χ0n) is 11.3. The van der Waals surface area contributed by atoms with Crippen molar-refractivity contribution in [1.82, 2.24) is 10.5 Å². The third-order valence-electron chi connectivity index (χ3n) is 2.83. The molecule has 1 amide bonds. The minimum Gasteiger partial charge on any atom is -0.355 e. The summed E-state index contributed by atoms with van der Waals surface area (Å²) >= 11 is 5.82. The fourth-order valence-electron chi connectivity index (χ4n) is 1.55. The molecule has 0 aliphatic heterocycles. The lowest BCUT2D eigenvalue weighted by Crippen LogP contribution is -2.48. The molecule has 0 unspecified atom stereocenters. The summed E-state index contributed by atoms with van der Waals surface area (Å²) in [6, 6.07) is 8.68. The lowest BCUT2D eigenvalue weighted by atomic mass is 10.1. The molecule has 0 aliphatic rings. The average molecular weight is 294 g/mol. The Bertz CT molecular complexity index is 605. The number of nitrogens with one attached hydrogen (secondary N) is 1. The molecule has 1 aromatic heterocycles. The summed E-state index contributed by atoms with van der Waals surface area (Å²) in [4.78, 5) is 12.0. The van der Waals surface area contributed by atoms with E-state index in [4.69, 9.17) is 21.9 Å². The topological polar surface area (TPSA) is 81.1 Å². The van der Waals surface area contributed by atoms with Crippen molar-refractivity contribution in [2.24, 2.45) is 5.73 Å². The number of halogens is 1. The molecule has 3 N–H and O–H groups in total. The molecule has 20 heavy (non-hydrogen) atoms. The number of rotatable bonds is 4. The summed E-state index contributed by atoms with van der Waals surface area (Å²) in [6.07, 6.45) is 0. The second-order valence-corrected chi connectivity index (χ2v) is 5.56. The van der Waals surface area contributed by atoms with Gasteiger partial charge in [0.1, 0.15) is 0 Å². The minimum atomic E-state index is -0.490. The van der Waals surface area contributed by atoms with Crippen LogP contribution in [0.15, 0.2) is 34.9 Å². The Hall–Kier alpha value is -1.85. The molecule has 0 saturated carbocycles. The molecule has 2 rings (SSSR count). The van der Waals surface area contributed by atoms with Crippen molar-refractivity contribution in [2.45, 2.75) is 19.4 Å². The number of hydrogen-bond donors (Lipinski definition) is 2. The molecule has 5 nitrogen and oxygen atoms in total. The molecule has 1 heterocycles. The standard InChI is InChI=1S/C14H16ClN3O2/c1-14(2,8-16)17-13(19)11-7-12(20-18-11)9-3-5-10(15)6-4-9/h3-7H,8,16H2,1-2H3,(H,17,19). The van der Waals surface area contributed by atoms with Gasteiger partial charge < -0.3 is 15.6 Å². The van der Waals surface area contributed by atoms with Gasteiger partial charge >= 0.3 is 0 Å². The highest BCUT2D eigenvalue weighted by atomic mass is 35.5. The maximum atomic E-state index is 12.0. The molecule has 0 atom stereocenters. The van der Waals surface area contributed by atoms with Crippen molar-refractivity contribution in [3.8, 4) is 11.3 Å². The number of nitrogens with zero attached hydrogens (tertiary/aromatic N) is 1. The fraction of sp³-hybridized carbons (Fsp3) is 0.286. The summed E-state index contributed by atoms with van der Waals surface area (Å²) in [5, 5.41) is 7.20. The Labute approximate surface area is 122 Å². The van der Waals surface area contributed by atoms with Crippen LogP contribution in [0.3, 0.4) is 0 Å². The van der Waals surface area contributed by atoms with E-state index in [-0.39, 0.29) is 11.6 Å². The first kappa shape index (κ1) is 14.6. The predicted octanol–water partition coefficient (Wildman–Crippen LogP) is 2.46. The van der Waals surface area contributed by atoms with Crippen molar-refractivity contribution in [3.63, 3.8) is 0 Å². The van der Waals surface area contributed by atoms with Crippen molar-refractivity contribution < 1.29 is 9.32 Å². The van der Waals surface area contributed by atoms with E-state index in [1.807, 2.05) is 13.8 Å². The molecular weight excluding hydrogens is 278 g/mol. The molecular formula is C14H16ClN3O2. The number of carbonyl (C=O) groups excluding carboxylic acids is 1. The van der Waals surface area contributed by atoms with Crippen LogP contribution in [-0.2, 0) is 0 Å². The minimum absolute atomic E-state index is 0.219. The maximum absolute atomic E-state index is 12.0. The SMILES string of the molecule is CC(C)(CN)NC(=O)c1cc(-c2ccc(Cl)cc2)on1. The van der Waals surface area contributed by atoms with E-state index >= 15 is 0 Å². The van der Waals surface area contributed by atoms with E-state index in [9.17, 15) is 4.79 Å². The first-order chi connectivity index (χ1) is 9.41. The number of hydrogen-bond acceptors (Lipinski definition) is 4. The molecule has 0 radical (unpaired) electrons. The fourth-order valence-corrected chi connectivity index (χ4v) is 1.68. The number of benzene rings is 1. The van der Waals surface area contributed by atoms with Crippen LogP contribution in [0.5, 0.6) is 0 Å². The van der Waals surface area contributed by atoms with Crippen LogP contribution >= 0.6 is 11.6 Å². The molecule has 6 heteroatoms. The van der Waals surface area contributed by atoms with E-state index in [2.05, 4.69) is 10.5 Å². The van der Waals surface area contributed by atoms with Gasteiger partial charge in [-0.05, 0) is 38.1 Å². The summed E-state index contributed by atoms with van der Waals surface area (Å²) in [5.41, 5.74) is 6.11. The van der Waals surface area contributed by atoms with Crippen LogP contribution in [0, 0.1) is 0 Å². The Morgan fingerprint density at radius 2 is 2.05 bits per heavy atom. The van der Waals surface area contributed by atoms with Gasteiger partial charge in [0, 0.05) is 28.7 Å². The summed E-state index contributed by atoms with van der Waals surface area (Å²) < 4.78 is 5.17. The number of carbonyl (C=O) groups is 1. The molecule has 2 aromatic rings. The maximum Gasteiger partial charge on any atom is 0.273 e. The van der Waals surface area contributed by atoms with E-state index in [0.717, 1.165) is 5.56 Å². The largest absolute Gasteiger partial charge is 0.355 e. The van der Waals surface area contributed by atoms with E-state index < -0.39 is 5.54 Å². The van der Waals surface area contributed by atoms with Crippen LogP contribution in [0.1, 0.15) is 24.3 Å². The molecule has 0 saturated heterocycles. The number of aromatic nitrogens is 1. The second kappa shape index (κ2) is 5.64. The van der Waals surface area contributed by atoms with Crippen LogP contribution in [0.25, 0.3) is 11.3 Å². The zero-order chi connectivity index (χ0) is 14.8. The van der Waals surface area contributed by atoms with E-state index in [1.165, 1.54) is 0 Å². The number of nitrogens with two attached hydrogens (primary N) is 1. The normalized spacial score (nSPS) is 11.4. The van der Waals surface area contributed by atoms with Gasteiger partial charge in [-0.15, -0.1) is 0 Å². The van der Waals surface area contributed by atoms with Crippen LogP contribution in [0.4, 0.5) is 0 Å². The zero-order valence-corrected chi connectivity index (χ0v) is 12.1. The molecule has 0 fully saturated rings. The molecule has 0 bridgehead atoms. The highest BCUT2D eigenvalue weighted by Gasteiger charge is 2.21. The average Bonchev–Trinajstić information content (AvgIpc) is 2.89. The molecule has 1 aromatic carbocycles. The predicted molar refractivity (Wildman–Crippen MR) is 77.5 cm³/mol. The van der Waals surface area contributed by atoms with Gasteiger partial charge in [-0.25, -0.2) is 0 Å². The summed E-state index contributed by atoms with van der Waals surface area (Å²) in [5.74, 6) is 0.196. The molecule has 0 aliphatic carbocycles. The lowest BCUT2D eigenvalue weighted by molar-refractivity contribution is 0.0906. The Morgan fingerprint density at radius 1 is 1.40 bits per heavy atom. The smallest absolute Gasteiger partial charge is 0.273 e. The quantitative estimate of drug-likeness (QED) is 0.907. The highest BCUT2D eigenvalue weighted by Crippen LogP contribution is 2.22. The molecule has 0 spiro atoms. The second-order valence-electron chi connectivity index (χ2n) is 5.13. The van der Waals surface area contributed by atoms with Gasteiger partial charge in [0.15, 0.2) is 11.5 Å². The van der Waals surface area contributed by atoms with Gasteiger partial charge in [-0.1, -0.05) is 16.8 Å². The Kier molecular flexibility index (Phi) is 4.11. The molecule has 106 valence electrons. The number of amides is 1. The first-order valence-corrected chi connectivity index (χ1v) is 6.54. The van der Waals surface area contributed by atoms with Crippen molar-refractivity contribution in [3.05, 3.63) is 41.0 Å². The lowest BCUT2D eigenvalue weighted by Gasteiger charge is -2.23. The Morgan fingerprint density at radius 3 is 2.65 bits per heavy atom. The third-order valence-corrected chi connectivity index (χ3v) is 3.09. The van der Waals surface area contributed by atoms with Crippen LogP contribution in [0.2, 0.25) is 5.02 Å². The Balaban J connectivity index is 2.17. The van der Waals surface area contributed by atoms with Gasteiger partial charge in [0.25, 0.3) is 5.91 Å². The van der Waals surface area contributed by atoms with E-state index in [0.29, 0.717) is 17.3 Å². The van der Waals surface area contributed by atoms with Gasteiger partial charge in [0.2, 0.25) is 0 Å². The van der Waals surface area contributed by atoms with Crippen molar-refractivity contribution in [2.75, 3.05) is 6.54 Å². The van der Waals surface area contributed by atoms with Gasteiger partial charge in [-0.2, -0.15) is 0 Å². The monoisotopic (exact) mass is 293 g/mol. The van der Waals surface area contributed by atoms with Gasteiger partial charge in [0.05, 0.1) is 0 Å².